The second-order valence-electron chi connectivity index (χ2n) is 5.89. The third-order valence-electron chi connectivity index (χ3n) is 4.26. The van der Waals surface area contributed by atoms with Crippen LogP contribution < -0.4 is 5.56 Å². The Hall–Kier alpha value is -3.03. The van der Waals surface area contributed by atoms with E-state index in [1.807, 2.05) is 0 Å². The molecule has 3 aromatic rings. The van der Waals surface area contributed by atoms with Gasteiger partial charge in [-0.25, -0.2) is 4.98 Å². The molecule has 0 radical (unpaired) electrons. The van der Waals surface area contributed by atoms with E-state index in [0.717, 1.165) is 6.42 Å². The molecule has 8 nitrogen and oxygen atoms in total. The monoisotopic (exact) mass is 324 g/mol. The molecule has 0 spiro atoms. The fraction of sp³-hybridized carbons (Fsp3) is 0.312. The van der Waals surface area contributed by atoms with Gasteiger partial charge in [0.05, 0.1) is 24.0 Å². The quantitative estimate of drug-likeness (QED) is 0.692. The Labute approximate surface area is 137 Å². The lowest BCUT2D eigenvalue weighted by Gasteiger charge is -2.17. The van der Waals surface area contributed by atoms with E-state index in [4.69, 9.17) is 0 Å². The van der Waals surface area contributed by atoms with E-state index in [-0.39, 0.29) is 17.5 Å². The van der Waals surface area contributed by atoms with E-state index in [0.29, 0.717) is 30.0 Å². The van der Waals surface area contributed by atoms with Gasteiger partial charge < -0.3 is 4.90 Å². The van der Waals surface area contributed by atoms with Crippen molar-refractivity contribution in [3.05, 3.63) is 58.4 Å². The molecule has 4 heterocycles. The van der Waals surface area contributed by atoms with Gasteiger partial charge in [0.2, 0.25) is 0 Å². The number of pyridine rings is 1. The second-order valence-corrected chi connectivity index (χ2v) is 5.89. The zero-order valence-electron chi connectivity index (χ0n) is 13.2. The Balaban J connectivity index is 1.68. The summed E-state index contributed by atoms with van der Waals surface area (Å²) in [5, 5.41) is 8.30. The largest absolute Gasteiger partial charge is 0.336 e. The van der Waals surface area contributed by atoms with Gasteiger partial charge in [0, 0.05) is 31.0 Å². The number of hydrogen-bond acceptors (Lipinski definition) is 5. The summed E-state index contributed by atoms with van der Waals surface area (Å²) in [5.74, 6) is -0.125. The van der Waals surface area contributed by atoms with Crippen molar-refractivity contribution in [1.29, 1.82) is 0 Å². The van der Waals surface area contributed by atoms with Crippen LogP contribution in [0.25, 0.3) is 5.65 Å². The summed E-state index contributed by atoms with van der Waals surface area (Å²) in [6.07, 6.45) is 5.70. The molecule has 1 amide bonds. The minimum atomic E-state index is -0.188. The summed E-state index contributed by atoms with van der Waals surface area (Å²) in [6, 6.07) is 4.94. The van der Waals surface area contributed by atoms with Crippen molar-refractivity contribution < 1.29 is 4.79 Å². The van der Waals surface area contributed by atoms with Crippen LogP contribution in [0.5, 0.6) is 0 Å². The van der Waals surface area contributed by atoms with Crippen LogP contribution >= 0.6 is 0 Å². The van der Waals surface area contributed by atoms with Crippen molar-refractivity contribution in [1.82, 2.24) is 29.3 Å². The fourth-order valence-electron chi connectivity index (χ4n) is 3.11. The molecule has 1 aliphatic rings. The molecule has 1 saturated heterocycles. The summed E-state index contributed by atoms with van der Waals surface area (Å²) in [5.41, 5.74) is 1.24. The molecule has 0 aliphatic carbocycles. The van der Waals surface area contributed by atoms with Crippen molar-refractivity contribution in [2.45, 2.75) is 19.4 Å². The van der Waals surface area contributed by atoms with Gasteiger partial charge in [-0.2, -0.15) is 15.0 Å². The number of amides is 1. The normalized spacial score (nSPS) is 17.5. The SMILES string of the molecule is Cc1cc(=O)n2cccc(C(=O)N3CCC(n4nccn4)C3)c2n1. The Bertz CT molecular complexity index is 962. The van der Waals surface area contributed by atoms with E-state index in [2.05, 4.69) is 15.2 Å². The zero-order valence-corrected chi connectivity index (χ0v) is 13.2. The van der Waals surface area contributed by atoms with Crippen molar-refractivity contribution >= 4 is 11.6 Å². The highest BCUT2D eigenvalue weighted by molar-refractivity contribution is 5.99. The standard InChI is InChI=1S/C16H16N6O2/c1-11-9-14(23)21-7-2-3-13(15(21)19-11)16(24)20-8-4-12(10-20)22-17-5-6-18-22/h2-3,5-7,9,12H,4,8,10H2,1H3. The summed E-state index contributed by atoms with van der Waals surface area (Å²) in [6.45, 7) is 2.92. The van der Waals surface area contributed by atoms with Crippen LogP contribution in [0.3, 0.4) is 0 Å². The maximum Gasteiger partial charge on any atom is 0.258 e. The Morgan fingerprint density at radius 3 is 2.88 bits per heavy atom. The molecule has 3 aromatic heterocycles. The van der Waals surface area contributed by atoms with Gasteiger partial charge in [-0.3, -0.25) is 14.0 Å². The molecular formula is C16H16N6O2. The van der Waals surface area contributed by atoms with Gasteiger partial charge in [-0.1, -0.05) is 0 Å². The van der Waals surface area contributed by atoms with Crippen LogP contribution in [-0.2, 0) is 0 Å². The Morgan fingerprint density at radius 1 is 1.29 bits per heavy atom. The summed E-state index contributed by atoms with van der Waals surface area (Å²) >= 11 is 0. The second kappa shape index (κ2) is 5.55. The third-order valence-corrected chi connectivity index (χ3v) is 4.26. The summed E-state index contributed by atoms with van der Waals surface area (Å²) in [4.78, 5) is 32.8. The van der Waals surface area contributed by atoms with Gasteiger partial charge in [-0.15, -0.1) is 0 Å². The predicted octanol–water partition coefficient (Wildman–Crippen LogP) is 0.682. The number of aromatic nitrogens is 5. The highest BCUT2D eigenvalue weighted by atomic mass is 16.2. The topological polar surface area (TPSA) is 85.4 Å². The number of carbonyl (C=O) groups excluding carboxylic acids is 1. The van der Waals surface area contributed by atoms with Crippen molar-refractivity contribution in [2.75, 3.05) is 13.1 Å². The average Bonchev–Trinajstić information content (AvgIpc) is 3.25. The lowest BCUT2D eigenvalue weighted by Crippen LogP contribution is -2.30. The molecule has 0 aromatic carbocycles. The first-order chi connectivity index (χ1) is 11.6. The number of carbonyl (C=O) groups is 1. The zero-order chi connectivity index (χ0) is 16.7. The molecule has 4 rings (SSSR count). The molecule has 1 unspecified atom stereocenters. The van der Waals surface area contributed by atoms with E-state index in [1.54, 1.807) is 47.3 Å². The minimum absolute atomic E-state index is 0.0799. The van der Waals surface area contributed by atoms with Crippen molar-refractivity contribution in [3.63, 3.8) is 0 Å². The molecule has 122 valence electrons. The number of fused-ring (bicyclic) bond motifs is 1. The molecule has 0 N–H and O–H groups in total. The van der Waals surface area contributed by atoms with Crippen LogP contribution in [0.15, 0.2) is 41.6 Å². The number of aryl methyl sites for hydroxylation is 1. The third kappa shape index (κ3) is 2.36. The Kier molecular flexibility index (Phi) is 3.37. The number of likely N-dealkylation sites (tertiary alicyclic amines) is 1. The molecule has 0 saturated carbocycles. The smallest absolute Gasteiger partial charge is 0.258 e. The fourth-order valence-corrected chi connectivity index (χ4v) is 3.11. The predicted molar refractivity (Wildman–Crippen MR) is 85.8 cm³/mol. The molecule has 0 bridgehead atoms. The van der Waals surface area contributed by atoms with E-state index < -0.39 is 0 Å². The van der Waals surface area contributed by atoms with E-state index >= 15 is 0 Å². The van der Waals surface area contributed by atoms with Gasteiger partial charge in [0.25, 0.3) is 11.5 Å². The molecule has 1 fully saturated rings. The van der Waals surface area contributed by atoms with Crippen LogP contribution in [0.1, 0.15) is 28.5 Å². The van der Waals surface area contributed by atoms with Crippen LogP contribution in [-0.4, -0.2) is 48.3 Å². The Morgan fingerprint density at radius 2 is 2.08 bits per heavy atom. The summed E-state index contributed by atoms with van der Waals surface area (Å²) in [7, 11) is 0. The maximum absolute atomic E-state index is 12.9. The van der Waals surface area contributed by atoms with E-state index in [1.165, 1.54) is 10.5 Å². The molecule has 24 heavy (non-hydrogen) atoms. The number of rotatable bonds is 2. The maximum atomic E-state index is 12.9. The van der Waals surface area contributed by atoms with Gasteiger partial charge in [0.1, 0.15) is 0 Å². The van der Waals surface area contributed by atoms with Crippen LogP contribution in [0.4, 0.5) is 0 Å². The van der Waals surface area contributed by atoms with E-state index in [9.17, 15) is 9.59 Å². The molecule has 1 aliphatic heterocycles. The van der Waals surface area contributed by atoms with Gasteiger partial charge in [-0.05, 0) is 25.5 Å². The average molecular weight is 324 g/mol. The highest BCUT2D eigenvalue weighted by Gasteiger charge is 2.30. The highest BCUT2D eigenvalue weighted by Crippen LogP contribution is 2.22. The minimum Gasteiger partial charge on any atom is -0.336 e. The van der Waals surface area contributed by atoms with Crippen molar-refractivity contribution in [2.24, 2.45) is 0 Å². The van der Waals surface area contributed by atoms with Crippen molar-refractivity contribution in [3.8, 4) is 0 Å². The summed E-state index contributed by atoms with van der Waals surface area (Å²) < 4.78 is 1.41. The van der Waals surface area contributed by atoms with Crippen LogP contribution in [0, 0.1) is 6.92 Å². The van der Waals surface area contributed by atoms with Gasteiger partial charge >= 0.3 is 0 Å². The molecular weight excluding hydrogens is 308 g/mol. The first kappa shape index (κ1) is 14.6. The first-order valence-corrected chi connectivity index (χ1v) is 7.77. The lowest BCUT2D eigenvalue weighted by atomic mass is 10.2. The lowest BCUT2D eigenvalue weighted by molar-refractivity contribution is 0.0787. The number of nitrogens with zero attached hydrogens (tertiary/aromatic N) is 6. The molecule has 8 heteroatoms. The van der Waals surface area contributed by atoms with Gasteiger partial charge in [0.15, 0.2) is 5.65 Å². The first-order valence-electron chi connectivity index (χ1n) is 7.77. The molecule has 1 atom stereocenters. The van der Waals surface area contributed by atoms with Crippen LogP contribution in [0.2, 0.25) is 0 Å². The number of hydrogen-bond donors (Lipinski definition) is 0.